The van der Waals surface area contributed by atoms with E-state index in [4.69, 9.17) is 0 Å². The lowest BCUT2D eigenvalue weighted by Crippen LogP contribution is -2.77. The van der Waals surface area contributed by atoms with Crippen molar-refractivity contribution in [2.24, 2.45) is 0 Å². The van der Waals surface area contributed by atoms with Crippen molar-refractivity contribution in [2.45, 2.75) is 0 Å². The molecule has 0 amide bonds. The standard InChI is InChI=1S/C21H56N7Si7/c1-15-22(8)29-23(9,16-2)31-25(11,18-4)33-27(13,20-6)35-28(14,21-7)34-26(12,19-5)32-24(10,17-3)30-22/h15-21H,1-7,29-35H2,8-14H3/q+7. The van der Waals surface area contributed by atoms with Gasteiger partial charge in [0.2, 0.25) is 0 Å². The highest BCUT2D eigenvalue weighted by Crippen LogP contribution is 2.22. The van der Waals surface area contributed by atoms with Crippen LogP contribution in [0.5, 0.6) is 0 Å². The fourth-order valence-electron chi connectivity index (χ4n) is 6.29. The molecule has 14 heteroatoms. The molecule has 1 aliphatic rings. The summed E-state index contributed by atoms with van der Waals surface area (Å²) in [6.07, 6.45) is 15.7. The summed E-state index contributed by atoms with van der Waals surface area (Å²) in [5.41, 5.74) is 0. The predicted octanol–water partition coefficient (Wildman–Crippen LogP) is -2.88. The topological polar surface area (TPSA) is 0 Å². The third kappa shape index (κ3) is 8.47. The summed E-state index contributed by atoms with van der Waals surface area (Å²) < 4.78 is 7.28. The monoisotopic (exact) mass is 602 g/mol. The first-order valence-electron chi connectivity index (χ1n) is 12.2. The van der Waals surface area contributed by atoms with Gasteiger partial charge in [-0.25, -0.2) is 0 Å². The molecular weight excluding hydrogens is 547 g/mol. The van der Waals surface area contributed by atoms with Gasteiger partial charge in [-0.05, 0) is 46.1 Å². The van der Waals surface area contributed by atoms with E-state index in [1.807, 2.05) is 0 Å². The van der Waals surface area contributed by atoms with Crippen LogP contribution in [0.2, 0.25) is 0 Å². The van der Waals surface area contributed by atoms with Crippen LogP contribution in [-0.2, 0) is 0 Å². The van der Waals surface area contributed by atoms with Crippen molar-refractivity contribution in [3.8, 4) is 0 Å². The summed E-state index contributed by atoms with van der Waals surface area (Å²) in [5.74, 6) is 0. The maximum Gasteiger partial charge on any atom is 0.475 e. The first-order chi connectivity index (χ1) is 15.9. The van der Waals surface area contributed by atoms with Gasteiger partial charge in [0.1, 0.15) is 0 Å². The molecule has 7 nitrogen and oxygen atoms in total. The second kappa shape index (κ2) is 11.4. The van der Waals surface area contributed by atoms with Crippen LogP contribution < -0.4 is 0 Å². The third-order valence-corrected chi connectivity index (χ3v) is 28.7. The van der Waals surface area contributed by atoms with Crippen molar-refractivity contribution < 1.29 is 26.7 Å². The van der Waals surface area contributed by atoms with Crippen molar-refractivity contribution in [1.29, 1.82) is 0 Å². The Morgan fingerprint density at radius 3 is 0.429 bits per heavy atom. The van der Waals surface area contributed by atoms with E-state index in [2.05, 4.69) is 139 Å². The molecule has 1 heterocycles. The number of hydrogen-bond donors (Lipinski definition) is 0. The molecule has 0 bridgehead atoms. The van der Waals surface area contributed by atoms with E-state index < -0.39 is 68.9 Å². The first kappa shape index (κ1) is 32.4. The molecule has 196 valence electrons. The molecule has 0 radical (unpaired) electrons. The number of hydrogen-bond acceptors (Lipinski definition) is 0. The number of nitrogens with zero attached hydrogens (tertiary/aromatic N) is 7. The van der Waals surface area contributed by atoms with E-state index in [1.54, 1.807) is 0 Å². The first-order valence-corrected chi connectivity index (χ1v) is 21.1. The summed E-state index contributed by atoms with van der Waals surface area (Å²) in [6.45, 7) is 30.6. The average Bonchev–Trinajstić information content (AvgIpc) is 2.77. The van der Waals surface area contributed by atoms with Gasteiger partial charge in [-0.15, -0.1) is 0 Å². The molecule has 0 atom stereocenters. The molecule has 0 aromatic rings. The van der Waals surface area contributed by atoms with Gasteiger partial charge >= 0.3 is 68.9 Å². The Kier molecular flexibility index (Phi) is 10.6. The summed E-state index contributed by atoms with van der Waals surface area (Å²) in [7, 11) is 12.5. The fraction of sp³-hybridized carbons (Fsp3) is 0.333. The molecular formula is C21H56N7Si7+7. The van der Waals surface area contributed by atoms with Gasteiger partial charge < -0.3 is 26.7 Å². The maximum absolute atomic E-state index is 4.37. The Labute approximate surface area is 233 Å². The molecule has 1 fully saturated rings. The maximum atomic E-state index is 4.37. The second-order valence-electron chi connectivity index (χ2n) is 12.6. The van der Waals surface area contributed by atoms with Crippen LogP contribution >= 0.6 is 0 Å². The zero-order valence-corrected chi connectivity index (χ0v) is 34.0. The Morgan fingerprint density at radius 2 is 0.371 bits per heavy atom. The summed E-state index contributed by atoms with van der Waals surface area (Å²) in [5, 5.41) is 0. The number of rotatable bonds is 7. The van der Waals surface area contributed by atoms with Gasteiger partial charge in [0.25, 0.3) is 0 Å². The van der Waals surface area contributed by atoms with Crippen LogP contribution in [0.25, 0.3) is 0 Å². The van der Waals surface area contributed by atoms with E-state index in [0.29, 0.717) is 0 Å². The molecule has 1 saturated heterocycles. The van der Waals surface area contributed by atoms with Crippen LogP contribution in [0.4, 0.5) is 0 Å². The smallest absolute Gasteiger partial charge is 0.336 e. The minimum Gasteiger partial charge on any atom is -0.336 e. The van der Waals surface area contributed by atoms with Crippen LogP contribution in [0.1, 0.15) is 0 Å². The van der Waals surface area contributed by atoms with E-state index in [1.165, 1.54) is 0 Å². The fourth-order valence-corrected chi connectivity index (χ4v) is 45.9. The van der Waals surface area contributed by atoms with E-state index >= 15 is 0 Å². The van der Waals surface area contributed by atoms with Crippen molar-refractivity contribution in [3.63, 3.8) is 0 Å². The minimum atomic E-state index is -0.649. The van der Waals surface area contributed by atoms with Crippen molar-refractivity contribution >= 4 is 68.9 Å². The Morgan fingerprint density at radius 1 is 0.286 bits per heavy atom. The summed E-state index contributed by atoms with van der Waals surface area (Å²) in [4.78, 5) is 0. The SMILES string of the molecule is C=C[N+]1(C)[SiH2][N+](C)(C=C)[SiH2][N+](C)(C=C)[SiH2][N+](C)(C=C)[SiH2][N+](C)(C=C)[SiH2][N+](C)(C=C)[SiH2][N+](C)(C=C)[SiH2]1. The molecule has 1 aliphatic heterocycles. The molecule has 35 heavy (non-hydrogen) atoms. The Balaban J connectivity index is 3.86. The Bertz CT molecular complexity index is 668. The second-order valence-corrected chi connectivity index (χ2v) is 41.1. The average molecular weight is 603 g/mol. The normalized spacial score (nSPS) is 50.6. The Hall–Kier alpha value is -0.582. The summed E-state index contributed by atoms with van der Waals surface area (Å²) in [6, 6.07) is 0. The van der Waals surface area contributed by atoms with Gasteiger partial charge in [0, 0.05) is 49.3 Å². The lowest BCUT2D eigenvalue weighted by atomic mass is 11.0. The van der Waals surface area contributed by atoms with Crippen molar-refractivity contribution in [3.05, 3.63) is 89.5 Å². The zero-order valence-electron chi connectivity index (χ0n) is 24.1. The van der Waals surface area contributed by atoms with Crippen LogP contribution in [0.15, 0.2) is 89.5 Å². The molecule has 0 saturated carbocycles. The van der Waals surface area contributed by atoms with Crippen LogP contribution in [0.3, 0.4) is 0 Å². The van der Waals surface area contributed by atoms with Gasteiger partial charge in [-0.1, -0.05) is 0 Å². The molecule has 0 spiro atoms. The lowest BCUT2D eigenvalue weighted by molar-refractivity contribution is -0.856. The molecule has 0 aliphatic carbocycles. The van der Waals surface area contributed by atoms with Gasteiger partial charge in [0.15, 0.2) is 0 Å². The van der Waals surface area contributed by atoms with Gasteiger partial charge in [0.05, 0.1) is 43.4 Å². The highest BCUT2D eigenvalue weighted by Gasteiger charge is 2.52. The zero-order chi connectivity index (χ0) is 27.4. The molecule has 0 N–H and O–H groups in total. The van der Waals surface area contributed by atoms with Crippen LogP contribution in [0, 0.1) is 0 Å². The van der Waals surface area contributed by atoms with E-state index in [0.717, 1.165) is 26.7 Å². The van der Waals surface area contributed by atoms with E-state index in [-0.39, 0.29) is 0 Å². The van der Waals surface area contributed by atoms with Gasteiger partial charge in [-0.3, -0.25) is 0 Å². The van der Waals surface area contributed by atoms with Crippen molar-refractivity contribution in [2.75, 3.05) is 49.3 Å². The minimum absolute atomic E-state index is 0.649. The third-order valence-electron chi connectivity index (χ3n) is 7.61. The lowest BCUT2D eigenvalue weighted by Gasteiger charge is -2.50. The van der Waals surface area contributed by atoms with Gasteiger partial charge in [-0.2, -0.15) is 0 Å². The quantitative estimate of drug-likeness (QED) is 0.275. The highest BCUT2D eigenvalue weighted by atomic mass is 28.4. The molecule has 0 aromatic heterocycles. The van der Waals surface area contributed by atoms with Crippen LogP contribution in [-0.4, -0.2) is 145 Å². The van der Waals surface area contributed by atoms with Crippen molar-refractivity contribution in [1.82, 2.24) is 0 Å². The number of quaternary nitrogens is 7. The molecule has 1 rings (SSSR count). The highest BCUT2D eigenvalue weighted by molar-refractivity contribution is 6.48. The summed E-state index contributed by atoms with van der Waals surface area (Å²) >= 11 is 0. The van der Waals surface area contributed by atoms with E-state index in [9.17, 15) is 0 Å². The molecule has 0 aromatic carbocycles. The molecule has 0 unspecified atom stereocenters. The largest absolute Gasteiger partial charge is 0.475 e. The predicted molar refractivity (Wildman–Crippen MR) is 174 cm³/mol.